The first-order valence-corrected chi connectivity index (χ1v) is 6.53. The highest BCUT2D eigenvalue weighted by Gasteiger charge is 2.08. The minimum atomic E-state index is -0.0217. The second-order valence-electron chi connectivity index (χ2n) is 4.87. The fraction of sp³-hybridized carbons (Fsp3) is 0.400. The standard InChI is InChI=1S/C15H21N3O/c1-11-4-5-15(14(10-11)12(2)16)19-9-7-13-6-8-17-18(13)3/h4-6,8,10,12H,7,9,16H2,1-3H3. The molecule has 0 aliphatic carbocycles. The average molecular weight is 259 g/mol. The first-order valence-electron chi connectivity index (χ1n) is 6.53. The van der Waals surface area contributed by atoms with E-state index in [0.717, 1.165) is 23.4 Å². The van der Waals surface area contributed by atoms with Gasteiger partial charge >= 0.3 is 0 Å². The van der Waals surface area contributed by atoms with Gasteiger partial charge in [0.15, 0.2) is 0 Å². The van der Waals surface area contributed by atoms with Crippen LogP contribution in [0.4, 0.5) is 0 Å². The summed E-state index contributed by atoms with van der Waals surface area (Å²) in [5, 5.41) is 4.14. The zero-order valence-electron chi connectivity index (χ0n) is 11.8. The number of aryl methyl sites for hydroxylation is 2. The van der Waals surface area contributed by atoms with Crippen LogP contribution in [0.5, 0.6) is 5.75 Å². The van der Waals surface area contributed by atoms with E-state index in [1.54, 1.807) is 6.20 Å². The van der Waals surface area contributed by atoms with E-state index in [4.69, 9.17) is 10.5 Å². The van der Waals surface area contributed by atoms with Gasteiger partial charge in [-0.05, 0) is 26.0 Å². The molecule has 4 nitrogen and oxygen atoms in total. The molecule has 1 aromatic heterocycles. The number of nitrogens with two attached hydrogens (primary N) is 1. The second-order valence-corrected chi connectivity index (χ2v) is 4.87. The maximum Gasteiger partial charge on any atom is 0.124 e. The van der Waals surface area contributed by atoms with Crippen LogP contribution in [0.25, 0.3) is 0 Å². The van der Waals surface area contributed by atoms with Gasteiger partial charge in [-0.2, -0.15) is 5.10 Å². The topological polar surface area (TPSA) is 53.1 Å². The Kier molecular flexibility index (Phi) is 4.22. The molecule has 1 unspecified atom stereocenters. The van der Waals surface area contributed by atoms with Crippen molar-refractivity contribution >= 4 is 0 Å². The molecule has 1 heterocycles. The number of ether oxygens (including phenoxy) is 1. The fourth-order valence-electron chi connectivity index (χ4n) is 2.07. The Morgan fingerprint density at radius 3 is 2.79 bits per heavy atom. The van der Waals surface area contributed by atoms with Crippen molar-refractivity contribution in [3.8, 4) is 5.75 Å². The van der Waals surface area contributed by atoms with E-state index >= 15 is 0 Å². The van der Waals surface area contributed by atoms with E-state index in [-0.39, 0.29) is 6.04 Å². The molecule has 0 radical (unpaired) electrons. The van der Waals surface area contributed by atoms with Gasteiger partial charge in [-0.25, -0.2) is 0 Å². The third kappa shape index (κ3) is 3.35. The molecule has 2 N–H and O–H groups in total. The first-order chi connectivity index (χ1) is 9.08. The zero-order chi connectivity index (χ0) is 13.8. The van der Waals surface area contributed by atoms with Crippen LogP contribution in [-0.2, 0) is 13.5 Å². The minimum Gasteiger partial charge on any atom is -0.493 e. The van der Waals surface area contributed by atoms with Crippen LogP contribution in [0.3, 0.4) is 0 Å². The molecule has 0 amide bonds. The summed E-state index contributed by atoms with van der Waals surface area (Å²) in [4.78, 5) is 0. The smallest absolute Gasteiger partial charge is 0.124 e. The Morgan fingerprint density at radius 1 is 1.37 bits per heavy atom. The van der Waals surface area contributed by atoms with Crippen molar-refractivity contribution in [3.05, 3.63) is 47.3 Å². The number of rotatable bonds is 5. The molecule has 0 bridgehead atoms. The fourth-order valence-corrected chi connectivity index (χ4v) is 2.07. The molecular formula is C15H21N3O. The van der Waals surface area contributed by atoms with Gasteiger partial charge < -0.3 is 10.5 Å². The van der Waals surface area contributed by atoms with Crippen molar-refractivity contribution in [1.82, 2.24) is 9.78 Å². The van der Waals surface area contributed by atoms with Gasteiger partial charge in [-0.15, -0.1) is 0 Å². The number of hydrogen-bond acceptors (Lipinski definition) is 3. The summed E-state index contributed by atoms with van der Waals surface area (Å²) >= 11 is 0. The minimum absolute atomic E-state index is 0.0217. The molecule has 2 aromatic rings. The lowest BCUT2D eigenvalue weighted by Gasteiger charge is -2.15. The van der Waals surface area contributed by atoms with Crippen molar-refractivity contribution in [2.24, 2.45) is 12.8 Å². The van der Waals surface area contributed by atoms with Gasteiger partial charge in [0, 0.05) is 37.0 Å². The Hall–Kier alpha value is -1.81. The van der Waals surface area contributed by atoms with E-state index in [1.165, 1.54) is 5.56 Å². The Labute approximate surface area is 114 Å². The Balaban J connectivity index is 2.01. The average Bonchev–Trinajstić information content (AvgIpc) is 2.77. The van der Waals surface area contributed by atoms with Gasteiger partial charge in [-0.1, -0.05) is 17.7 Å². The zero-order valence-corrected chi connectivity index (χ0v) is 11.8. The monoisotopic (exact) mass is 259 g/mol. The lowest BCUT2D eigenvalue weighted by atomic mass is 10.1. The predicted octanol–water partition coefficient (Wildman–Crippen LogP) is 2.37. The molecule has 0 saturated heterocycles. The molecule has 102 valence electrons. The summed E-state index contributed by atoms with van der Waals surface area (Å²) in [6.45, 7) is 4.66. The van der Waals surface area contributed by atoms with Crippen LogP contribution in [0.1, 0.15) is 29.8 Å². The van der Waals surface area contributed by atoms with E-state index in [2.05, 4.69) is 18.1 Å². The van der Waals surface area contributed by atoms with Crippen LogP contribution in [0.15, 0.2) is 30.5 Å². The van der Waals surface area contributed by atoms with Gasteiger partial charge in [0.1, 0.15) is 5.75 Å². The SMILES string of the molecule is Cc1ccc(OCCc2ccnn2C)c(C(C)N)c1. The molecule has 0 saturated carbocycles. The summed E-state index contributed by atoms with van der Waals surface area (Å²) in [5.74, 6) is 0.878. The van der Waals surface area contributed by atoms with Crippen molar-refractivity contribution in [2.75, 3.05) is 6.61 Å². The molecule has 0 fully saturated rings. The summed E-state index contributed by atoms with van der Waals surface area (Å²) in [6.07, 6.45) is 2.64. The molecule has 4 heteroatoms. The van der Waals surface area contributed by atoms with Crippen molar-refractivity contribution in [2.45, 2.75) is 26.3 Å². The van der Waals surface area contributed by atoms with Gasteiger partial charge in [0.05, 0.1) is 6.61 Å². The lowest BCUT2D eigenvalue weighted by Crippen LogP contribution is -2.11. The summed E-state index contributed by atoms with van der Waals surface area (Å²) in [6, 6.07) is 8.11. The van der Waals surface area contributed by atoms with E-state index < -0.39 is 0 Å². The molecular weight excluding hydrogens is 238 g/mol. The van der Waals surface area contributed by atoms with E-state index in [1.807, 2.05) is 36.9 Å². The van der Waals surface area contributed by atoms with Gasteiger partial charge in [-0.3, -0.25) is 4.68 Å². The highest BCUT2D eigenvalue weighted by Crippen LogP contribution is 2.25. The second kappa shape index (κ2) is 5.89. The molecule has 1 aromatic carbocycles. The first kappa shape index (κ1) is 13.6. The normalized spacial score (nSPS) is 12.4. The maximum atomic E-state index is 5.98. The molecule has 2 rings (SSSR count). The van der Waals surface area contributed by atoms with Crippen molar-refractivity contribution < 1.29 is 4.74 Å². The van der Waals surface area contributed by atoms with Crippen LogP contribution < -0.4 is 10.5 Å². The van der Waals surface area contributed by atoms with Crippen LogP contribution >= 0.6 is 0 Å². The van der Waals surface area contributed by atoms with Gasteiger partial charge in [0.25, 0.3) is 0 Å². The van der Waals surface area contributed by atoms with Crippen LogP contribution in [0, 0.1) is 6.92 Å². The third-order valence-electron chi connectivity index (χ3n) is 3.19. The molecule has 1 atom stereocenters. The maximum absolute atomic E-state index is 5.98. The van der Waals surface area contributed by atoms with Crippen LogP contribution in [0.2, 0.25) is 0 Å². The van der Waals surface area contributed by atoms with Crippen LogP contribution in [-0.4, -0.2) is 16.4 Å². The number of hydrogen-bond donors (Lipinski definition) is 1. The highest BCUT2D eigenvalue weighted by atomic mass is 16.5. The molecule has 19 heavy (non-hydrogen) atoms. The Bertz CT molecular complexity index is 546. The summed E-state index contributed by atoms with van der Waals surface area (Å²) in [5.41, 5.74) is 9.40. The van der Waals surface area contributed by atoms with Crippen molar-refractivity contribution in [1.29, 1.82) is 0 Å². The quantitative estimate of drug-likeness (QED) is 0.897. The Morgan fingerprint density at radius 2 is 2.16 bits per heavy atom. The number of benzene rings is 1. The largest absolute Gasteiger partial charge is 0.493 e. The lowest BCUT2D eigenvalue weighted by molar-refractivity contribution is 0.313. The third-order valence-corrected chi connectivity index (χ3v) is 3.19. The van der Waals surface area contributed by atoms with Crippen molar-refractivity contribution in [3.63, 3.8) is 0 Å². The molecule has 0 aliphatic heterocycles. The summed E-state index contributed by atoms with van der Waals surface area (Å²) in [7, 11) is 1.94. The van der Waals surface area contributed by atoms with E-state index in [0.29, 0.717) is 6.61 Å². The molecule has 0 spiro atoms. The molecule has 0 aliphatic rings. The highest BCUT2D eigenvalue weighted by molar-refractivity contribution is 5.38. The number of aromatic nitrogens is 2. The predicted molar refractivity (Wildman–Crippen MR) is 76.2 cm³/mol. The number of nitrogens with zero attached hydrogens (tertiary/aromatic N) is 2. The van der Waals surface area contributed by atoms with E-state index in [9.17, 15) is 0 Å². The van der Waals surface area contributed by atoms with Gasteiger partial charge in [0.2, 0.25) is 0 Å². The summed E-state index contributed by atoms with van der Waals surface area (Å²) < 4.78 is 7.73.